The molecule has 0 N–H and O–H groups in total. The molecule has 0 nitrogen and oxygen atoms in total. The fourth-order valence-corrected chi connectivity index (χ4v) is 4.00. The van der Waals surface area contributed by atoms with Gasteiger partial charge in [0, 0.05) is 9.50 Å². The number of hydrogen-bond donors (Lipinski definition) is 0. The minimum absolute atomic E-state index is 0.551. The Hall–Kier alpha value is -1.09. The SMILES string of the molecule is CCC1C(c2ccccc2)=C(I)c2ccccc21. The zero-order valence-electron chi connectivity index (χ0n) is 10.4. The fraction of sp³-hybridized carbons (Fsp3) is 0.176. The molecule has 1 unspecified atom stereocenters. The van der Waals surface area contributed by atoms with Gasteiger partial charge >= 0.3 is 0 Å². The molecule has 1 aliphatic carbocycles. The topological polar surface area (TPSA) is 0 Å². The molecule has 0 saturated carbocycles. The Morgan fingerprint density at radius 3 is 2.33 bits per heavy atom. The second-order valence-electron chi connectivity index (χ2n) is 4.64. The highest BCUT2D eigenvalue weighted by Gasteiger charge is 2.29. The van der Waals surface area contributed by atoms with Gasteiger partial charge in [0.2, 0.25) is 0 Å². The van der Waals surface area contributed by atoms with E-state index in [0.717, 1.165) is 6.42 Å². The predicted molar refractivity (Wildman–Crippen MR) is 86.8 cm³/mol. The molecule has 2 aromatic rings. The van der Waals surface area contributed by atoms with Gasteiger partial charge in [-0.05, 0) is 51.3 Å². The van der Waals surface area contributed by atoms with Crippen LogP contribution in [-0.4, -0.2) is 0 Å². The second-order valence-corrected chi connectivity index (χ2v) is 5.72. The van der Waals surface area contributed by atoms with Gasteiger partial charge in [0.1, 0.15) is 0 Å². The minimum atomic E-state index is 0.551. The van der Waals surface area contributed by atoms with Gasteiger partial charge in [-0.3, -0.25) is 0 Å². The number of benzene rings is 2. The third-order valence-corrected chi connectivity index (χ3v) is 4.81. The zero-order chi connectivity index (χ0) is 12.5. The Labute approximate surface area is 122 Å². The maximum atomic E-state index is 2.51. The number of rotatable bonds is 2. The van der Waals surface area contributed by atoms with E-state index in [1.54, 1.807) is 0 Å². The average molecular weight is 346 g/mol. The summed E-state index contributed by atoms with van der Waals surface area (Å²) in [4.78, 5) is 0. The first-order valence-corrected chi connectivity index (χ1v) is 7.45. The van der Waals surface area contributed by atoms with Gasteiger partial charge in [0.05, 0.1) is 0 Å². The minimum Gasteiger partial charge on any atom is -0.0645 e. The predicted octanol–water partition coefficient (Wildman–Crippen LogP) is 5.50. The van der Waals surface area contributed by atoms with Crippen molar-refractivity contribution in [1.82, 2.24) is 0 Å². The summed E-state index contributed by atoms with van der Waals surface area (Å²) >= 11 is 2.51. The fourth-order valence-electron chi connectivity index (χ4n) is 2.82. The third kappa shape index (κ3) is 1.81. The van der Waals surface area contributed by atoms with Crippen molar-refractivity contribution in [2.45, 2.75) is 19.3 Å². The Balaban J connectivity index is 2.19. The first-order valence-electron chi connectivity index (χ1n) is 6.37. The maximum absolute atomic E-state index is 2.51. The Kier molecular flexibility index (Phi) is 3.25. The molecule has 1 atom stereocenters. The molecule has 1 heteroatoms. The van der Waals surface area contributed by atoms with Crippen molar-refractivity contribution < 1.29 is 0 Å². The highest BCUT2D eigenvalue weighted by molar-refractivity contribution is 14.1. The molecular formula is C17H15I. The Morgan fingerprint density at radius 2 is 1.61 bits per heavy atom. The molecule has 18 heavy (non-hydrogen) atoms. The van der Waals surface area contributed by atoms with E-state index in [2.05, 4.69) is 84.1 Å². The summed E-state index contributed by atoms with van der Waals surface area (Å²) in [6.45, 7) is 2.28. The molecule has 0 spiro atoms. The van der Waals surface area contributed by atoms with Crippen LogP contribution < -0.4 is 0 Å². The number of hydrogen-bond acceptors (Lipinski definition) is 0. The summed E-state index contributed by atoms with van der Waals surface area (Å²) in [5.74, 6) is 0.551. The molecular weight excluding hydrogens is 331 g/mol. The highest BCUT2D eigenvalue weighted by Crippen LogP contribution is 2.50. The van der Waals surface area contributed by atoms with Gasteiger partial charge in [-0.25, -0.2) is 0 Å². The van der Waals surface area contributed by atoms with Crippen LogP contribution in [0.5, 0.6) is 0 Å². The van der Waals surface area contributed by atoms with E-state index in [0.29, 0.717) is 5.92 Å². The Bertz CT molecular complexity index is 596. The van der Waals surface area contributed by atoms with Crippen LogP contribution in [0.2, 0.25) is 0 Å². The van der Waals surface area contributed by atoms with E-state index in [1.165, 1.54) is 25.8 Å². The molecule has 2 aromatic carbocycles. The zero-order valence-corrected chi connectivity index (χ0v) is 12.5. The number of allylic oxidation sites excluding steroid dienone is 1. The van der Waals surface area contributed by atoms with Gasteiger partial charge in [0.15, 0.2) is 0 Å². The van der Waals surface area contributed by atoms with E-state index < -0.39 is 0 Å². The van der Waals surface area contributed by atoms with Gasteiger partial charge in [0.25, 0.3) is 0 Å². The van der Waals surface area contributed by atoms with Crippen LogP contribution in [0.4, 0.5) is 0 Å². The molecule has 0 saturated heterocycles. The largest absolute Gasteiger partial charge is 0.0645 e. The van der Waals surface area contributed by atoms with Gasteiger partial charge in [-0.15, -0.1) is 0 Å². The molecule has 3 rings (SSSR count). The van der Waals surface area contributed by atoms with Gasteiger partial charge < -0.3 is 0 Å². The highest BCUT2D eigenvalue weighted by atomic mass is 127. The van der Waals surface area contributed by atoms with Crippen molar-refractivity contribution in [2.75, 3.05) is 0 Å². The van der Waals surface area contributed by atoms with Crippen molar-refractivity contribution in [1.29, 1.82) is 0 Å². The molecule has 0 bridgehead atoms. The van der Waals surface area contributed by atoms with Crippen molar-refractivity contribution in [2.24, 2.45) is 0 Å². The van der Waals surface area contributed by atoms with Crippen LogP contribution in [-0.2, 0) is 0 Å². The smallest absolute Gasteiger partial charge is 0.0249 e. The standard InChI is InChI=1S/C17H15I/c1-2-13-14-10-6-7-11-15(14)17(18)16(13)12-8-4-3-5-9-12/h3-11,13H,2H2,1H3. The van der Waals surface area contributed by atoms with Crippen molar-refractivity contribution >= 4 is 31.7 Å². The van der Waals surface area contributed by atoms with Gasteiger partial charge in [-0.2, -0.15) is 0 Å². The lowest BCUT2D eigenvalue weighted by Crippen LogP contribution is -1.96. The van der Waals surface area contributed by atoms with Crippen molar-refractivity contribution in [3.05, 3.63) is 71.3 Å². The summed E-state index contributed by atoms with van der Waals surface area (Å²) in [5.41, 5.74) is 5.77. The normalized spacial score (nSPS) is 18.0. The van der Waals surface area contributed by atoms with Crippen molar-refractivity contribution in [3.63, 3.8) is 0 Å². The summed E-state index contributed by atoms with van der Waals surface area (Å²) in [6, 6.07) is 19.6. The first kappa shape index (κ1) is 12.0. The van der Waals surface area contributed by atoms with Crippen LogP contribution in [0.25, 0.3) is 9.15 Å². The monoisotopic (exact) mass is 346 g/mol. The van der Waals surface area contributed by atoms with E-state index in [1.807, 2.05) is 0 Å². The number of fused-ring (bicyclic) bond motifs is 1. The van der Waals surface area contributed by atoms with Crippen LogP contribution in [0.1, 0.15) is 36.0 Å². The van der Waals surface area contributed by atoms with E-state index in [-0.39, 0.29) is 0 Å². The van der Waals surface area contributed by atoms with Crippen LogP contribution >= 0.6 is 22.6 Å². The van der Waals surface area contributed by atoms with Crippen LogP contribution in [0.15, 0.2) is 54.6 Å². The molecule has 0 fully saturated rings. The van der Waals surface area contributed by atoms with Crippen LogP contribution in [0, 0.1) is 0 Å². The summed E-state index contributed by atoms with van der Waals surface area (Å²) in [5, 5.41) is 0. The third-order valence-electron chi connectivity index (χ3n) is 3.65. The molecule has 0 amide bonds. The molecule has 0 aromatic heterocycles. The Morgan fingerprint density at radius 1 is 0.944 bits per heavy atom. The summed E-state index contributed by atoms with van der Waals surface area (Å²) in [7, 11) is 0. The lowest BCUT2D eigenvalue weighted by molar-refractivity contribution is 0.834. The van der Waals surface area contributed by atoms with Gasteiger partial charge in [-0.1, -0.05) is 61.5 Å². The summed E-state index contributed by atoms with van der Waals surface area (Å²) in [6.07, 6.45) is 1.16. The number of halogens is 1. The molecule has 0 aliphatic heterocycles. The second kappa shape index (κ2) is 4.88. The average Bonchev–Trinajstić information content (AvgIpc) is 2.73. The quantitative estimate of drug-likeness (QED) is 0.630. The lowest BCUT2D eigenvalue weighted by Gasteiger charge is -2.14. The summed E-state index contributed by atoms with van der Waals surface area (Å²) < 4.78 is 1.42. The lowest BCUT2D eigenvalue weighted by atomic mass is 9.89. The maximum Gasteiger partial charge on any atom is 0.0249 e. The molecule has 1 aliphatic rings. The van der Waals surface area contributed by atoms with Crippen LogP contribution in [0.3, 0.4) is 0 Å². The molecule has 0 radical (unpaired) electrons. The molecule has 90 valence electrons. The van der Waals surface area contributed by atoms with E-state index >= 15 is 0 Å². The molecule has 0 heterocycles. The first-order chi connectivity index (χ1) is 8.83. The van der Waals surface area contributed by atoms with Crippen molar-refractivity contribution in [3.8, 4) is 0 Å². The van der Waals surface area contributed by atoms with E-state index in [4.69, 9.17) is 0 Å². The van der Waals surface area contributed by atoms with E-state index in [9.17, 15) is 0 Å².